The molecule has 0 heterocycles. The molecule has 2 N–H and O–H groups in total. The van der Waals surface area contributed by atoms with E-state index in [1.807, 2.05) is 0 Å². The Bertz CT molecular complexity index is 510. The number of benzene rings is 1. The third-order valence-electron chi connectivity index (χ3n) is 2.30. The van der Waals surface area contributed by atoms with E-state index in [0.717, 1.165) is 6.07 Å². The summed E-state index contributed by atoms with van der Waals surface area (Å²) in [7, 11) is 0. The molecular formula is C11H11NO6. The standard InChI is InChI=1S/C11H11NO6/c1-6(13)4-7-2-3-8(10(14)11(15)16)5-9(7)12(17)18/h2-3,5,10,14H,4H2,1H3,(H,15,16). The molecule has 0 bridgehead atoms. The number of hydrogen-bond donors (Lipinski definition) is 2. The van der Waals surface area contributed by atoms with Gasteiger partial charge >= 0.3 is 5.97 Å². The monoisotopic (exact) mass is 253 g/mol. The average Bonchev–Trinajstić information content (AvgIpc) is 2.27. The SMILES string of the molecule is CC(=O)Cc1ccc(C(O)C(=O)O)cc1[N+](=O)[O-]. The Hall–Kier alpha value is -2.28. The van der Waals surface area contributed by atoms with Crippen LogP contribution in [0.5, 0.6) is 0 Å². The Kier molecular flexibility index (Phi) is 4.11. The molecule has 0 aliphatic heterocycles. The van der Waals surface area contributed by atoms with Gasteiger partial charge in [0, 0.05) is 18.1 Å². The lowest BCUT2D eigenvalue weighted by Crippen LogP contribution is -2.11. The Morgan fingerprint density at radius 3 is 2.50 bits per heavy atom. The maximum Gasteiger partial charge on any atom is 0.337 e. The van der Waals surface area contributed by atoms with Gasteiger partial charge in [-0.05, 0) is 12.5 Å². The molecule has 0 spiro atoms. The summed E-state index contributed by atoms with van der Waals surface area (Å²) in [5.74, 6) is -1.74. The fourth-order valence-electron chi connectivity index (χ4n) is 1.48. The molecule has 1 atom stereocenters. The van der Waals surface area contributed by atoms with Crippen molar-refractivity contribution < 1.29 is 24.7 Å². The van der Waals surface area contributed by atoms with Gasteiger partial charge in [0.2, 0.25) is 0 Å². The average molecular weight is 253 g/mol. The maximum atomic E-state index is 10.9. The first kappa shape index (κ1) is 13.8. The summed E-state index contributed by atoms with van der Waals surface area (Å²) in [6.07, 6.45) is -1.94. The molecule has 18 heavy (non-hydrogen) atoms. The van der Waals surface area contributed by atoms with Crippen LogP contribution >= 0.6 is 0 Å². The summed E-state index contributed by atoms with van der Waals surface area (Å²) in [6, 6.07) is 3.50. The predicted octanol–water partition coefficient (Wildman–Crippen LogP) is 0.844. The van der Waals surface area contributed by atoms with E-state index in [2.05, 4.69) is 0 Å². The van der Waals surface area contributed by atoms with E-state index in [1.165, 1.54) is 19.1 Å². The highest BCUT2D eigenvalue weighted by Crippen LogP contribution is 2.24. The van der Waals surface area contributed by atoms with Gasteiger partial charge in [-0.25, -0.2) is 4.79 Å². The van der Waals surface area contributed by atoms with E-state index in [1.54, 1.807) is 0 Å². The Morgan fingerprint density at radius 2 is 2.06 bits per heavy atom. The van der Waals surface area contributed by atoms with Gasteiger partial charge < -0.3 is 10.2 Å². The molecule has 1 rings (SSSR count). The number of carboxylic acid groups (broad SMARTS) is 1. The number of nitro groups is 1. The number of carbonyl (C=O) groups is 2. The molecule has 0 saturated heterocycles. The van der Waals surface area contributed by atoms with Crippen LogP contribution in [0.2, 0.25) is 0 Å². The first-order chi connectivity index (χ1) is 8.32. The molecule has 0 aliphatic rings. The fraction of sp³-hybridized carbons (Fsp3) is 0.273. The largest absolute Gasteiger partial charge is 0.479 e. The summed E-state index contributed by atoms with van der Waals surface area (Å²) < 4.78 is 0. The van der Waals surface area contributed by atoms with Crippen LogP contribution in [0.1, 0.15) is 24.2 Å². The van der Waals surface area contributed by atoms with Gasteiger partial charge in [0.1, 0.15) is 5.78 Å². The lowest BCUT2D eigenvalue weighted by molar-refractivity contribution is -0.385. The minimum Gasteiger partial charge on any atom is -0.479 e. The highest BCUT2D eigenvalue weighted by molar-refractivity contribution is 5.80. The van der Waals surface area contributed by atoms with Crippen molar-refractivity contribution in [3.63, 3.8) is 0 Å². The number of Topliss-reactive ketones (excluding diaryl/α,β-unsaturated/α-hetero) is 1. The highest BCUT2D eigenvalue weighted by atomic mass is 16.6. The van der Waals surface area contributed by atoms with E-state index in [0.29, 0.717) is 0 Å². The molecule has 0 aliphatic carbocycles. The van der Waals surface area contributed by atoms with Crippen LogP contribution in [0.3, 0.4) is 0 Å². The second-order valence-electron chi connectivity index (χ2n) is 3.76. The summed E-state index contributed by atoms with van der Waals surface area (Å²) >= 11 is 0. The lowest BCUT2D eigenvalue weighted by atomic mass is 10.0. The zero-order valence-electron chi connectivity index (χ0n) is 9.49. The minimum absolute atomic E-state index is 0.0958. The molecule has 7 nitrogen and oxygen atoms in total. The molecule has 1 aromatic rings. The fourth-order valence-corrected chi connectivity index (χ4v) is 1.48. The van der Waals surface area contributed by atoms with Crippen molar-refractivity contribution in [1.29, 1.82) is 0 Å². The Labute approximate surface area is 102 Å². The van der Waals surface area contributed by atoms with Gasteiger partial charge in [-0.2, -0.15) is 0 Å². The zero-order valence-corrected chi connectivity index (χ0v) is 9.49. The van der Waals surface area contributed by atoms with Crippen molar-refractivity contribution in [3.05, 3.63) is 39.4 Å². The second-order valence-corrected chi connectivity index (χ2v) is 3.76. The van der Waals surface area contributed by atoms with Crippen molar-refractivity contribution in [1.82, 2.24) is 0 Å². The van der Waals surface area contributed by atoms with E-state index >= 15 is 0 Å². The zero-order chi connectivity index (χ0) is 13.9. The third kappa shape index (κ3) is 3.11. The van der Waals surface area contributed by atoms with Crippen molar-refractivity contribution in [2.24, 2.45) is 0 Å². The third-order valence-corrected chi connectivity index (χ3v) is 2.30. The van der Waals surface area contributed by atoms with Crippen LogP contribution < -0.4 is 0 Å². The summed E-state index contributed by atoms with van der Waals surface area (Å²) in [5, 5.41) is 28.7. The number of aliphatic hydroxyl groups is 1. The minimum atomic E-state index is -1.82. The van der Waals surface area contributed by atoms with Crippen LogP contribution in [0.4, 0.5) is 5.69 Å². The normalized spacial score (nSPS) is 11.9. The van der Waals surface area contributed by atoms with E-state index < -0.39 is 17.0 Å². The molecule has 1 aromatic carbocycles. The Balaban J connectivity index is 3.22. The summed E-state index contributed by atoms with van der Waals surface area (Å²) in [6.45, 7) is 1.30. The first-order valence-corrected chi connectivity index (χ1v) is 5.00. The quantitative estimate of drug-likeness (QED) is 0.593. The number of carboxylic acids is 1. The smallest absolute Gasteiger partial charge is 0.337 e. The Morgan fingerprint density at radius 1 is 1.44 bits per heavy atom. The molecule has 1 unspecified atom stereocenters. The molecule has 0 amide bonds. The van der Waals surface area contributed by atoms with Crippen molar-refractivity contribution in [3.8, 4) is 0 Å². The lowest BCUT2D eigenvalue weighted by Gasteiger charge is -2.07. The summed E-state index contributed by atoms with van der Waals surface area (Å²) in [5.41, 5.74) is -0.279. The van der Waals surface area contributed by atoms with Crippen LogP contribution in [0.15, 0.2) is 18.2 Å². The number of hydrogen-bond acceptors (Lipinski definition) is 5. The topological polar surface area (TPSA) is 118 Å². The van der Waals surface area contributed by atoms with Crippen LogP contribution in [0.25, 0.3) is 0 Å². The van der Waals surface area contributed by atoms with Crippen LogP contribution in [-0.2, 0) is 16.0 Å². The van der Waals surface area contributed by atoms with Crippen molar-refractivity contribution in [2.45, 2.75) is 19.4 Å². The number of aliphatic hydroxyl groups excluding tert-OH is 1. The van der Waals surface area contributed by atoms with Gasteiger partial charge in [-0.3, -0.25) is 14.9 Å². The number of rotatable bonds is 5. The predicted molar refractivity (Wildman–Crippen MR) is 60.1 cm³/mol. The number of ketones is 1. The molecule has 96 valence electrons. The molecule has 7 heteroatoms. The van der Waals surface area contributed by atoms with Crippen molar-refractivity contribution >= 4 is 17.4 Å². The van der Waals surface area contributed by atoms with E-state index in [9.17, 15) is 24.8 Å². The van der Waals surface area contributed by atoms with Gasteiger partial charge in [-0.15, -0.1) is 0 Å². The number of nitrogens with zero attached hydrogens (tertiary/aromatic N) is 1. The number of nitro benzene ring substituents is 1. The molecule has 0 aromatic heterocycles. The molecule has 0 radical (unpaired) electrons. The van der Waals surface area contributed by atoms with E-state index in [4.69, 9.17) is 5.11 Å². The summed E-state index contributed by atoms with van der Waals surface area (Å²) in [4.78, 5) is 31.6. The van der Waals surface area contributed by atoms with E-state index in [-0.39, 0.29) is 29.0 Å². The van der Waals surface area contributed by atoms with Crippen LogP contribution in [0, 0.1) is 10.1 Å². The second kappa shape index (κ2) is 5.37. The van der Waals surface area contributed by atoms with Gasteiger partial charge in [0.15, 0.2) is 6.10 Å². The highest BCUT2D eigenvalue weighted by Gasteiger charge is 2.22. The first-order valence-electron chi connectivity index (χ1n) is 5.00. The maximum absolute atomic E-state index is 10.9. The number of aliphatic carboxylic acids is 1. The van der Waals surface area contributed by atoms with Crippen molar-refractivity contribution in [2.75, 3.05) is 0 Å². The van der Waals surface area contributed by atoms with Gasteiger partial charge in [0.25, 0.3) is 5.69 Å². The van der Waals surface area contributed by atoms with Gasteiger partial charge in [-0.1, -0.05) is 12.1 Å². The molecule has 0 saturated carbocycles. The van der Waals surface area contributed by atoms with Gasteiger partial charge in [0.05, 0.1) is 4.92 Å². The molecule has 0 fully saturated rings. The molecular weight excluding hydrogens is 242 g/mol. The number of carbonyl (C=O) groups excluding carboxylic acids is 1. The van der Waals surface area contributed by atoms with Crippen LogP contribution in [-0.4, -0.2) is 26.9 Å².